The molecule has 0 bridgehead atoms. The van der Waals surface area contributed by atoms with E-state index >= 15 is 0 Å². The first-order chi connectivity index (χ1) is 13.5. The van der Waals surface area contributed by atoms with Crippen LogP contribution in [0.25, 0.3) is 0 Å². The van der Waals surface area contributed by atoms with Gasteiger partial charge in [0, 0.05) is 19.1 Å². The number of methoxy groups -OCH3 is 1. The molecule has 9 heteroatoms. The molecule has 0 aromatic heterocycles. The predicted molar refractivity (Wildman–Crippen MR) is 107 cm³/mol. The molecule has 8 nitrogen and oxygen atoms in total. The third-order valence-electron chi connectivity index (χ3n) is 4.96. The first-order valence-electron chi connectivity index (χ1n) is 9.35. The molecule has 3 rings (SSSR count). The summed E-state index contributed by atoms with van der Waals surface area (Å²) in [5.41, 5.74) is 0.824. The molecule has 0 radical (unpaired) electrons. The van der Waals surface area contributed by atoms with E-state index in [-0.39, 0.29) is 12.6 Å². The zero-order valence-corrected chi connectivity index (χ0v) is 16.9. The van der Waals surface area contributed by atoms with Crippen molar-refractivity contribution in [2.45, 2.75) is 31.8 Å². The van der Waals surface area contributed by atoms with Crippen LogP contribution in [0.4, 0.5) is 10.5 Å². The summed E-state index contributed by atoms with van der Waals surface area (Å²) >= 11 is 5.56. The minimum Gasteiger partial charge on any atom is -0.492 e. The number of benzene rings is 1. The molecule has 2 saturated heterocycles. The number of esters is 1. The fourth-order valence-corrected chi connectivity index (χ4v) is 3.84. The molecular formula is C19H25N3O5S. The highest BCUT2D eigenvalue weighted by Gasteiger charge is 2.43. The summed E-state index contributed by atoms with van der Waals surface area (Å²) in [6.45, 7) is 3.89. The Balaban J connectivity index is 1.58. The Kier molecular flexibility index (Phi) is 6.56. The molecule has 0 saturated carbocycles. The molecule has 1 amide bonds. The van der Waals surface area contributed by atoms with Crippen molar-refractivity contribution in [3.8, 4) is 5.75 Å². The first kappa shape index (κ1) is 20.2. The topological polar surface area (TPSA) is 80.3 Å². The fourth-order valence-electron chi connectivity index (χ4n) is 3.55. The van der Waals surface area contributed by atoms with Gasteiger partial charge in [-0.3, -0.25) is 4.90 Å². The highest BCUT2D eigenvalue weighted by atomic mass is 32.1. The fraction of sp³-hybridized carbons (Fsp3) is 0.526. The highest BCUT2D eigenvalue weighted by Crippen LogP contribution is 2.27. The van der Waals surface area contributed by atoms with Gasteiger partial charge < -0.3 is 24.4 Å². The van der Waals surface area contributed by atoms with E-state index in [9.17, 15) is 9.59 Å². The number of thiocarbonyl (C=S) groups is 1. The van der Waals surface area contributed by atoms with E-state index in [1.54, 1.807) is 0 Å². The molecule has 1 atom stereocenters. The Morgan fingerprint density at radius 2 is 2.04 bits per heavy atom. The molecule has 1 aromatic rings. The van der Waals surface area contributed by atoms with E-state index in [4.69, 9.17) is 26.4 Å². The maximum Gasteiger partial charge on any atom is 0.410 e. The van der Waals surface area contributed by atoms with Crippen LogP contribution in [0.2, 0.25) is 0 Å². The molecule has 2 fully saturated rings. The standard InChI is InChI=1S/C19H25N3O5S/c1-3-26-16-7-5-4-6-14(16)20-18(28)21-10-8-13(9-11-21)22-15(17(23)25-2)12-27-19(22)24/h4-7,13,15H,3,8-12H2,1-2H3,(H,20,28). The molecular weight excluding hydrogens is 382 g/mol. The molecule has 0 aliphatic carbocycles. The van der Waals surface area contributed by atoms with Crippen LogP contribution < -0.4 is 10.1 Å². The normalized spacial score (nSPS) is 19.9. The lowest BCUT2D eigenvalue weighted by atomic mass is 10.0. The van der Waals surface area contributed by atoms with Crippen molar-refractivity contribution in [2.75, 3.05) is 38.7 Å². The molecule has 1 N–H and O–H groups in total. The van der Waals surface area contributed by atoms with Crippen molar-refractivity contribution in [2.24, 2.45) is 0 Å². The van der Waals surface area contributed by atoms with Crippen molar-refractivity contribution < 1.29 is 23.8 Å². The van der Waals surface area contributed by atoms with Gasteiger partial charge in [0.25, 0.3) is 0 Å². The number of likely N-dealkylation sites (tertiary alicyclic amines) is 1. The average molecular weight is 407 g/mol. The van der Waals surface area contributed by atoms with Crippen molar-refractivity contribution in [3.05, 3.63) is 24.3 Å². The SMILES string of the molecule is CCOc1ccccc1NC(=S)N1CCC(N2C(=O)OCC2C(=O)OC)CC1. The maximum atomic E-state index is 12.1. The van der Waals surface area contributed by atoms with E-state index in [1.165, 1.54) is 12.0 Å². The van der Waals surface area contributed by atoms with Gasteiger partial charge in [0.05, 0.1) is 19.4 Å². The van der Waals surface area contributed by atoms with Crippen LogP contribution in [0.15, 0.2) is 24.3 Å². The number of hydrogen-bond acceptors (Lipinski definition) is 6. The van der Waals surface area contributed by atoms with Crippen LogP contribution in [-0.4, -0.2) is 72.5 Å². The second-order valence-corrected chi connectivity index (χ2v) is 6.99. The summed E-state index contributed by atoms with van der Waals surface area (Å²) in [6, 6.07) is 6.91. The maximum absolute atomic E-state index is 12.1. The van der Waals surface area contributed by atoms with Gasteiger partial charge in [-0.05, 0) is 44.1 Å². The lowest BCUT2D eigenvalue weighted by molar-refractivity contribution is -0.145. The van der Waals surface area contributed by atoms with Gasteiger partial charge in [0.1, 0.15) is 12.4 Å². The average Bonchev–Trinajstić information content (AvgIpc) is 3.10. The van der Waals surface area contributed by atoms with E-state index in [1.807, 2.05) is 31.2 Å². The van der Waals surface area contributed by atoms with E-state index in [0.29, 0.717) is 37.7 Å². The Morgan fingerprint density at radius 1 is 1.32 bits per heavy atom. The minimum absolute atomic E-state index is 0.0416. The number of carbonyl (C=O) groups is 2. The number of ether oxygens (including phenoxy) is 3. The monoisotopic (exact) mass is 407 g/mol. The van der Waals surface area contributed by atoms with Gasteiger partial charge in [0.15, 0.2) is 11.2 Å². The Hall–Kier alpha value is -2.55. The van der Waals surface area contributed by atoms with Gasteiger partial charge in [-0.2, -0.15) is 0 Å². The second-order valence-electron chi connectivity index (χ2n) is 6.60. The molecule has 28 heavy (non-hydrogen) atoms. The molecule has 152 valence electrons. The number of rotatable bonds is 5. The van der Waals surface area contributed by atoms with Gasteiger partial charge in [0.2, 0.25) is 0 Å². The van der Waals surface area contributed by atoms with E-state index in [2.05, 4.69) is 10.2 Å². The number of hydrogen-bond donors (Lipinski definition) is 1. The van der Waals surface area contributed by atoms with Gasteiger partial charge in [-0.25, -0.2) is 9.59 Å². The van der Waals surface area contributed by atoms with Gasteiger partial charge in [-0.15, -0.1) is 0 Å². The van der Waals surface area contributed by atoms with E-state index in [0.717, 1.165) is 11.4 Å². The molecule has 0 spiro atoms. The van der Waals surface area contributed by atoms with Gasteiger partial charge >= 0.3 is 12.1 Å². The molecule has 1 aromatic carbocycles. The quantitative estimate of drug-likeness (QED) is 0.588. The van der Waals surface area contributed by atoms with Crippen LogP contribution in [-0.2, 0) is 14.3 Å². The molecule has 1 unspecified atom stereocenters. The Morgan fingerprint density at radius 3 is 2.71 bits per heavy atom. The third kappa shape index (κ3) is 4.30. The first-order valence-corrected chi connectivity index (χ1v) is 9.76. The number of nitrogens with zero attached hydrogens (tertiary/aromatic N) is 2. The van der Waals surface area contributed by atoms with Crippen molar-refractivity contribution in [3.63, 3.8) is 0 Å². The summed E-state index contributed by atoms with van der Waals surface area (Å²) in [4.78, 5) is 27.6. The number of carbonyl (C=O) groups excluding carboxylic acids is 2. The number of cyclic esters (lactones) is 1. The molecule has 2 aliphatic heterocycles. The Bertz CT molecular complexity index is 736. The third-order valence-corrected chi connectivity index (χ3v) is 5.32. The number of para-hydroxylation sites is 2. The van der Waals surface area contributed by atoms with Crippen LogP contribution in [0.5, 0.6) is 5.75 Å². The lowest BCUT2D eigenvalue weighted by Gasteiger charge is -2.38. The minimum atomic E-state index is -0.669. The number of amides is 1. The summed E-state index contributed by atoms with van der Waals surface area (Å²) in [7, 11) is 1.32. The van der Waals surface area contributed by atoms with E-state index < -0.39 is 18.1 Å². The van der Waals surface area contributed by atoms with Crippen molar-refractivity contribution >= 4 is 35.1 Å². The van der Waals surface area contributed by atoms with Crippen LogP contribution >= 0.6 is 12.2 Å². The lowest BCUT2D eigenvalue weighted by Crippen LogP contribution is -2.52. The van der Waals surface area contributed by atoms with Crippen LogP contribution in [0.1, 0.15) is 19.8 Å². The predicted octanol–water partition coefficient (Wildman–Crippen LogP) is 2.24. The second kappa shape index (κ2) is 9.09. The van der Waals surface area contributed by atoms with Gasteiger partial charge in [-0.1, -0.05) is 12.1 Å². The zero-order chi connectivity index (χ0) is 20.1. The number of anilines is 1. The Labute approximate surface area is 169 Å². The summed E-state index contributed by atoms with van der Waals surface area (Å²) in [5, 5.41) is 3.86. The highest BCUT2D eigenvalue weighted by molar-refractivity contribution is 7.80. The molecule has 2 aliphatic rings. The van der Waals surface area contributed by atoms with Crippen molar-refractivity contribution in [1.29, 1.82) is 0 Å². The van der Waals surface area contributed by atoms with Crippen LogP contribution in [0, 0.1) is 0 Å². The zero-order valence-electron chi connectivity index (χ0n) is 16.1. The summed E-state index contributed by atoms with van der Waals surface area (Å²) in [6.07, 6.45) is 0.926. The van der Waals surface area contributed by atoms with Crippen molar-refractivity contribution in [1.82, 2.24) is 9.80 Å². The largest absolute Gasteiger partial charge is 0.492 e. The molecule has 2 heterocycles. The smallest absolute Gasteiger partial charge is 0.410 e. The van der Waals surface area contributed by atoms with Crippen LogP contribution in [0.3, 0.4) is 0 Å². The summed E-state index contributed by atoms with van der Waals surface area (Å²) in [5.74, 6) is 0.306. The number of piperidine rings is 1. The summed E-state index contributed by atoms with van der Waals surface area (Å²) < 4.78 is 15.5. The number of nitrogens with one attached hydrogen (secondary N) is 1.